The highest BCUT2D eigenvalue weighted by Gasteiger charge is 2.16. The third-order valence-corrected chi connectivity index (χ3v) is 1.82. The van der Waals surface area contributed by atoms with Gasteiger partial charge in [0.25, 0.3) is 0 Å². The minimum absolute atomic E-state index is 0.337. The van der Waals surface area contributed by atoms with Gasteiger partial charge in [0.05, 0.1) is 12.6 Å². The molecule has 2 heterocycles. The van der Waals surface area contributed by atoms with E-state index in [1.165, 1.54) is 5.56 Å². The second-order valence-electron chi connectivity index (χ2n) is 2.59. The van der Waals surface area contributed by atoms with Crippen LogP contribution in [0.2, 0.25) is 0 Å². The summed E-state index contributed by atoms with van der Waals surface area (Å²) < 4.78 is 0. The van der Waals surface area contributed by atoms with Crippen LogP contribution in [0.25, 0.3) is 0 Å². The Morgan fingerprint density at radius 3 is 3.27 bits per heavy atom. The first-order valence-electron chi connectivity index (χ1n) is 3.74. The van der Waals surface area contributed by atoms with Crippen molar-refractivity contribution in [2.24, 2.45) is 0 Å². The first-order chi connectivity index (χ1) is 5.47. The van der Waals surface area contributed by atoms with Crippen LogP contribution in [0.15, 0.2) is 24.5 Å². The standard InChI is InChI=1S/C8H10N2O/c1-2-7(6-9-4-1)8-3-5-11-10-8/h1-2,4,6,8,10H,3,5H2/t8-/m1/s1. The molecule has 0 saturated carbocycles. The van der Waals surface area contributed by atoms with E-state index in [1.807, 2.05) is 12.3 Å². The summed E-state index contributed by atoms with van der Waals surface area (Å²) in [5, 5.41) is 0. The molecule has 0 radical (unpaired) electrons. The molecule has 0 unspecified atom stereocenters. The maximum absolute atomic E-state index is 5.03. The lowest BCUT2D eigenvalue weighted by Crippen LogP contribution is -2.11. The van der Waals surface area contributed by atoms with Gasteiger partial charge in [-0.05, 0) is 18.1 Å². The molecule has 1 aromatic rings. The van der Waals surface area contributed by atoms with Gasteiger partial charge in [0.15, 0.2) is 0 Å². The number of hydrogen-bond acceptors (Lipinski definition) is 3. The molecule has 11 heavy (non-hydrogen) atoms. The van der Waals surface area contributed by atoms with Gasteiger partial charge in [0.2, 0.25) is 0 Å². The highest BCUT2D eigenvalue weighted by atomic mass is 16.7. The second kappa shape index (κ2) is 2.98. The maximum Gasteiger partial charge on any atom is 0.0701 e. The van der Waals surface area contributed by atoms with Crippen molar-refractivity contribution in [3.8, 4) is 0 Å². The van der Waals surface area contributed by atoms with E-state index in [4.69, 9.17) is 4.84 Å². The van der Waals surface area contributed by atoms with E-state index >= 15 is 0 Å². The third kappa shape index (κ3) is 1.39. The van der Waals surface area contributed by atoms with Crippen molar-refractivity contribution in [1.82, 2.24) is 10.5 Å². The van der Waals surface area contributed by atoms with Gasteiger partial charge >= 0.3 is 0 Å². The van der Waals surface area contributed by atoms with Crippen molar-refractivity contribution in [2.75, 3.05) is 6.61 Å². The summed E-state index contributed by atoms with van der Waals surface area (Å²) in [6.07, 6.45) is 4.68. The zero-order valence-electron chi connectivity index (χ0n) is 6.16. The molecule has 1 aromatic heterocycles. The van der Waals surface area contributed by atoms with Crippen LogP contribution in [0, 0.1) is 0 Å². The quantitative estimate of drug-likeness (QED) is 0.649. The lowest BCUT2D eigenvalue weighted by molar-refractivity contribution is 0.0882. The Balaban J connectivity index is 2.16. The van der Waals surface area contributed by atoms with Crippen LogP contribution in [0.5, 0.6) is 0 Å². The predicted octanol–water partition coefficient (Wildman–Crippen LogP) is 1.05. The van der Waals surface area contributed by atoms with Crippen molar-refractivity contribution < 1.29 is 4.84 Å². The third-order valence-electron chi connectivity index (χ3n) is 1.82. The smallest absolute Gasteiger partial charge is 0.0701 e. The molecule has 1 atom stereocenters. The summed E-state index contributed by atoms with van der Waals surface area (Å²) >= 11 is 0. The summed E-state index contributed by atoms with van der Waals surface area (Å²) in [7, 11) is 0. The summed E-state index contributed by atoms with van der Waals surface area (Å²) in [5.41, 5.74) is 4.13. The summed E-state index contributed by atoms with van der Waals surface area (Å²) in [6.45, 7) is 0.791. The minimum atomic E-state index is 0.337. The Hall–Kier alpha value is -0.930. The van der Waals surface area contributed by atoms with E-state index in [0.717, 1.165) is 13.0 Å². The summed E-state index contributed by atoms with van der Waals surface area (Å²) in [5.74, 6) is 0. The Bertz CT molecular complexity index is 219. The molecule has 2 rings (SSSR count). The Morgan fingerprint density at radius 2 is 2.64 bits per heavy atom. The van der Waals surface area contributed by atoms with Gasteiger partial charge < -0.3 is 4.84 Å². The number of aromatic nitrogens is 1. The lowest BCUT2D eigenvalue weighted by atomic mass is 10.1. The Morgan fingerprint density at radius 1 is 1.64 bits per heavy atom. The van der Waals surface area contributed by atoms with Gasteiger partial charge in [0.1, 0.15) is 0 Å². The van der Waals surface area contributed by atoms with Gasteiger partial charge in [-0.2, -0.15) is 5.48 Å². The van der Waals surface area contributed by atoms with E-state index in [-0.39, 0.29) is 0 Å². The molecular formula is C8H10N2O. The summed E-state index contributed by atoms with van der Waals surface area (Å²) in [6, 6.07) is 4.33. The van der Waals surface area contributed by atoms with Crippen molar-refractivity contribution in [3.63, 3.8) is 0 Å². The van der Waals surface area contributed by atoms with E-state index in [9.17, 15) is 0 Å². The first kappa shape index (κ1) is 6.76. The number of hydroxylamine groups is 1. The molecule has 0 bridgehead atoms. The topological polar surface area (TPSA) is 34.1 Å². The van der Waals surface area contributed by atoms with Crippen LogP contribution in [0.3, 0.4) is 0 Å². The zero-order chi connectivity index (χ0) is 7.52. The average Bonchev–Trinajstić information content (AvgIpc) is 2.58. The fourth-order valence-corrected chi connectivity index (χ4v) is 1.21. The SMILES string of the molecule is c1cncc([C@H]2CCON2)c1. The maximum atomic E-state index is 5.03. The molecule has 0 spiro atoms. The van der Waals surface area contributed by atoms with Crippen molar-refractivity contribution in [3.05, 3.63) is 30.1 Å². The van der Waals surface area contributed by atoms with Gasteiger partial charge in [-0.3, -0.25) is 4.98 Å². The van der Waals surface area contributed by atoms with E-state index < -0.39 is 0 Å². The van der Waals surface area contributed by atoms with Gasteiger partial charge in [-0.15, -0.1) is 0 Å². The average molecular weight is 150 g/mol. The molecule has 3 heteroatoms. The fourth-order valence-electron chi connectivity index (χ4n) is 1.21. The highest BCUT2D eigenvalue weighted by molar-refractivity contribution is 5.13. The van der Waals surface area contributed by atoms with Gasteiger partial charge in [0, 0.05) is 12.4 Å². The van der Waals surface area contributed by atoms with Crippen molar-refractivity contribution in [2.45, 2.75) is 12.5 Å². The van der Waals surface area contributed by atoms with E-state index in [2.05, 4.69) is 16.5 Å². The molecule has 3 nitrogen and oxygen atoms in total. The normalized spacial score (nSPS) is 23.8. The highest BCUT2D eigenvalue weighted by Crippen LogP contribution is 2.18. The van der Waals surface area contributed by atoms with E-state index in [1.54, 1.807) is 6.20 Å². The largest absolute Gasteiger partial charge is 0.301 e. The molecule has 1 fully saturated rings. The number of rotatable bonds is 1. The molecule has 1 aliphatic heterocycles. The van der Waals surface area contributed by atoms with Crippen LogP contribution < -0.4 is 5.48 Å². The zero-order valence-corrected chi connectivity index (χ0v) is 6.16. The molecule has 58 valence electrons. The van der Waals surface area contributed by atoms with Crippen LogP contribution in [0.4, 0.5) is 0 Å². The van der Waals surface area contributed by atoms with Crippen LogP contribution in [-0.4, -0.2) is 11.6 Å². The monoisotopic (exact) mass is 150 g/mol. The van der Waals surface area contributed by atoms with Crippen LogP contribution in [0.1, 0.15) is 18.0 Å². The summed E-state index contributed by atoms with van der Waals surface area (Å²) in [4.78, 5) is 9.07. The van der Waals surface area contributed by atoms with Crippen LogP contribution >= 0.6 is 0 Å². The molecule has 1 saturated heterocycles. The fraction of sp³-hybridized carbons (Fsp3) is 0.375. The molecule has 1 aliphatic rings. The van der Waals surface area contributed by atoms with Crippen LogP contribution in [-0.2, 0) is 4.84 Å². The van der Waals surface area contributed by atoms with Gasteiger partial charge in [-0.1, -0.05) is 6.07 Å². The Kier molecular flexibility index (Phi) is 1.83. The van der Waals surface area contributed by atoms with E-state index in [0.29, 0.717) is 6.04 Å². The van der Waals surface area contributed by atoms with Crippen molar-refractivity contribution >= 4 is 0 Å². The Labute approximate surface area is 65.4 Å². The number of nitrogens with one attached hydrogen (secondary N) is 1. The number of hydrogen-bond donors (Lipinski definition) is 1. The number of pyridine rings is 1. The number of nitrogens with zero attached hydrogens (tertiary/aromatic N) is 1. The van der Waals surface area contributed by atoms with Crippen molar-refractivity contribution in [1.29, 1.82) is 0 Å². The predicted molar refractivity (Wildman–Crippen MR) is 40.7 cm³/mol. The molecule has 0 aliphatic carbocycles. The molecule has 0 amide bonds. The minimum Gasteiger partial charge on any atom is -0.301 e. The molecular weight excluding hydrogens is 140 g/mol. The van der Waals surface area contributed by atoms with Gasteiger partial charge in [-0.25, -0.2) is 0 Å². The molecule has 0 aromatic carbocycles. The molecule has 1 N–H and O–H groups in total. The lowest BCUT2D eigenvalue weighted by Gasteiger charge is -2.06. The second-order valence-corrected chi connectivity index (χ2v) is 2.59. The first-order valence-corrected chi connectivity index (χ1v) is 3.74.